The molecule has 0 saturated carbocycles. The fourth-order valence-electron chi connectivity index (χ4n) is 3.45. The SMILES string of the molecule is COc1cc(CC2CC(CNC(=O)c3cccc(F)c3)=NO2)c(OC)c2c1OCO2. The van der Waals surface area contributed by atoms with Gasteiger partial charge in [-0.15, -0.1) is 0 Å². The fourth-order valence-corrected chi connectivity index (χ4v) is 3.45. The van der Waals surface area contributed by atoms with E-state index in [1.165, 1.54) is 18.2 Å². The number of carbonyl (C=O) groups is 1. The quantitative estimate of drug-likeness (QED) is 0.747. The maximum atomic E-state index is 13.3. The van der Waals surface area contributed by atoms with E-state index in [1.807, 2.05) is 6.07 Å². The van der Waals surface area contributed by atoms with Gasteiger partial charge in [-0.3, -0.25) is 4.79 Å². The smallest absolute Gasteiger partial charge is 0.251 e. The summed E-state index contributed by atoms with van der Waals surface area (Å²) < 4.78 is 35.2. The molecule has 2 aliphatic rings. The molecule has 0 aliphatic carbocycles. The van der Waals surface area contributed by atoms with Crippen LogP contribution in [0.5, 0.6) is 23.0 Å². The number of hydrogen-bond donors (Lipinski definition) is 1. The first-order valence-corrected chi connectivity index (χ1v) is 9.37. The summed E-state index contributed by atoms with van der Waals surface area (Å²) in [6.45, 7) is 0.317. The summed E-state index contributed by atoms with van der Waals surface area (Å²) in [5.74, 6) is 1.32. The van der Waals surface area contributed by atoms with Gasteiger partial charge < -0.3 is 29.1 Å². The number of methoxy groups -OCH3 is 2. The van der Waals surface area contributed by atoms with Crippen LogP contribution in [0.25, 0.3) is 0 Å². The zero-order chi connectivity index (χ0) is 21.1. The molecule has 2 heterocycles. The van der Waals surface area contributed by atoms with E-state index in [0.717, 1.165) is 5.56 Å². The van der Waals surface area contributed by atoms with Gasteiger partial charge in [-0.25, -0.2) is 4.39 Å². The number of rotatable bonds is 7. The molecular formula is C21H21FN2O6. The van der Waals surface area contributed by atoms with Crippen molar-refractivity contribution < 1.29 is 33.0 Å². The molecule has 2 aliphatic heterocycles. The van der Waals surface area contributed by atoms with Crippen LogP contribution in [0.1, 0.15) is 22.3 Å². The van der Waals surface area contributed by atoms with Crippen LogP contribution in [0.3, 0.4) is 0 Å². The Morgan fingerprint density at radius 1 is 1.23 bits per heavy atom. The summed E-state index contributed by atoms with van der Waals surface area (Å²) in [5.41, 5.74) is 1.78. The third kappa shape index (κ3) is 3.96. The molecule has 0 saturated heterocycles. The maximum Gasteiger partial charge on any atom is 0.251 e. The number of fused-ring (bicyclic) bond motifs is 1. The Labute approximate surface area is 172 Å². The Hall–Kier alpha value is -3.49. The predicted octanol–water partition coefficient (Wildman–Crippen LogP) is 2.69. The Balaban J connectivity index is 1.38. The van der Waals surface area contributed by atoms with Crippen LogP contribution in [0.2, 0.25) is 0 Å². The number of benzene rings is 2. The van der Waals surface area contributed by atoms with Gasteiger partial charge in [0, 0.05) is 24.0 Å². The molecule has 2 aromatic carbocycles. The topological polar surface area (TPSA) is 87.6 Å². The van der Waals surface area contributed by atoms with Crippen molar-refractivity contribution in [3.63, 3.8) is 0 Å². The molecule has 9 heteroatoms. The molecule has 0 bridgehead atoms. The minimum absolute atomic E-state index is 0.101. The summed E-state index contributed by atoms with van der Waals surface area (Å²) >= 11 is 0. The molecular weight excluding hydrogens is 395 g/mol. The third-order valence-electron chi connectivity index (χ3n) is 4.85. The molecule has 0 spiro atoms. The lowest BCUT2D eigenvalue weighted by Crippen LogP contribution is -2.29. The zero-order valence-electron chi connectivity index (χ0n) is 16.6. The number of nitrogens with zero attached hydrogens (tertiary/aromatic N) is 1. The Morgan fingerprint density at radius 3 is 2.83 bits per heavy atom. The average Bonchev–Trinajstić information content (AvgIpc) is 3.41. The number of amides is 1. The van der Waals surface area contributed by atoms with Crippen LogP contribution in [0, 0.1) is 5.82 Å². The van der Waals surface area contributed by atoms with E-state index >= 15 is 0 Å². The van der Waals surface area contributed by atoms with Gasteiger partial charge in [0.1, 0.15) is 11.9 Å². The number of hydrogen-bond acceptors (Lipinski definition) is 7. The van der Waals surface area contributed by atoms with Crippen molar-refractivity contribution >= 4 is 11.6 Å². The van der Waals surface area contributed by atoms with Crippen LogP contribution in [0.4, 0.5) is 4.39 Å². The monoisotopic (exact) mass is 416 g/mol. The average molecular weight is 416 g/mol. The standard InChI is InChI=1S/C21H21FN2O6/c1-26-17-8-13(18(27-2)20-19(17)28-11-29-20)7-16-9-15(24-30-16)10-23-21(25)12-4-3-5-14(22)6-12/h3-6,8,16H,7,9-11H2,1-2H3,(H,23,25). The number of carbonyl (C=O) groups excluding carboxylic acids is 1. The highest BCUT2D eigenvalue weighted by Gasteiger charge is 2.30. The molecule has 8 nitrogen and oxygen atoms in total. The molecule has 1 unspecified atom stereocenters. The lowest BCUT2D eigenvalue weighted by Gasteiger charge is -2.15. The highest BCUT2D eigenvalue weighted by Crippen LogP contribution is 2.49. The molecule has 2 aromatic rings. The second-order valence-electron chi connectivity index (χ2n) is 6.82. The van der Waals surface area contributed by atoms with E-state index in [4.69, 9.17) is 23.8 Å². The summed E-state index contributed by atoms with van der Waals surface area (Å²) in [5, 5.41) is 6.80. The highest BCUT2D eigenvalue weighted by molar-refractivity contribution is 5.98. The van der Waals surface area contributed by atoms with E-state index in [0.29, 0.717) is 41.6 Å². The van der Waals surface area contributed by atoms with Gasteiger partial charge in [0.05, 0.1) is 26.5 Å². The van der Waals surface area contributed by atoms with Gasteiger partial charge in [-0.05, 0) is 24.3 Å². The molecule has 1 N–H and O–H groups in total. The third-order valence-corrected chi connectivity index (χ3v) is 4.85. The molecule has 0 aromatic heterocycles. The Bertz CT molecular complexity index is 994. The molecule has 0 fully saturated rings. The van der Waals surface area contributed by atoms with Crippen molar-refractivity contribution in [1.82, 2.24) is 5.32 Å². The zero-order valence-corrected chi connectivity index (χ0v) is 16.6. The van der Waals surface area contributed by atoms with E-state index in [9.17, 15) is 9.18 Å². The first-order valence-electron chi connectivity index (χ1n) is 9.37. The lowest BCUT2D eigenvalue weighted by molar-refractivity contribution is 0.0853. The van der Waals surface area contributed by atoms with Crippen molar-refractivity contribution in [3.8, 4) is 23.0 Å². The van der Waals surface area contributed by atoms with E-state index in [1.54, 1.807) is 20.3 Å². The highest BCUT2D eigenvalue weighted by atomic mass is 19.1. The molecule has 1 atom stereocenters. The van der Waals surface area contributed by atoms with Gasteiger partial charge in [0.15, 0.2) is 11.5 Å². The van der Waals surface area contributed by atoms with Crippen molar-refractivity contribution in [2.75, 3.05) is 27.6 Å². The van der Waals surface area contributed by atoms with Crippen LogP contribution in [0.15, 0.2) is 35.5 Å². The van der Waals surface area contributed by atoms with E-state index in [2.05, 4.69) is 10.5 Å². The summed E-state index contributed by atoms with van der Waals surface area (Å²) in [6.07, 6.45) is 0.801. The fraction of sp³-hybridized carbons (Fsp3) is 0.333. The first-order chi connectivity index (χ1) is 14.6. The minimum atomic E-state index is -0.461. The normalized spacial score (nSPS) is 16.6. The van der Waals surface area contributed by atoms with Gasteiger partial charge in [0.2, 0.25) is 18.3 Å². The van der Waals surface area contributed by atoms with Crippen LogP contribution in [-0.2, 0) is 11.3 Å². The minimum Gasteiger partial charge on any atom is -0.493 e. The van der Waals surface area contributed by atoms with Gasteiger partial charge in [0.25, 0.3) is 5.91 Å². The second-order valence-corrected chi connectivity index (χ2v) is 6.82. The van der Waals surface area contributed by atoms with Crippen molar-refractivity contribution in [1.29, 1.82) is 0 Å². The van der Waals surface area contributed by atoms with E-state index < -0.39 is 5.82 Å². The van der Waals surface area contributed by atoms with Crippen LogP contribution >= 0.6 is 0 Å². The summed E-state index contributed by atoms with van der Waals surface area (Å²) in [6, 6.07) is 7.34. The van der Waals surface area contributed by atoms with Gasteiger partial charge in [-0.2, -0.15) is 0 Å². The van der Waals surface area contributed by atoms with Crippen molar-refractivity contribution in [2.24, 2.45) is 5.16 Å². The molecule has 4 rings (SSSR count). The second kappa shape index (κ2) is 8.48. The van der Waals surface area contributed by atoms with Crippen LogP contribution < -0.4 is 24.3 Å². The summed E-state index contributed by atoms with van der Waals surface area (Å²) in [4.78, 5) is 17.7. The molecule has 30 heavy (non-hydrogen) atoms. The largest absolute Gasteiger partial charge is 0.493 e. The number of halogens is 1. The number of oxime groups is 1. The van der Waals surface area contributed by atoms with Gasteiger partial charge >= 0.3 is 0 Å². The Kier molecular flexibility index (Phi) is 5.60. The first kappa shape index (κ1) is 19.8. The Morgan fingerprint density at radius 2 is 2.07 bits per heavy atom. The molecule has 0 radical (unpaired) electrons. The number of nitrogens with one attached hydrogen (secondary N) is 1. The van der Waals surface area contributed by atoms with Gasteiger partial charge in [-0.1, -0.05) is 11.2 Å². The summed E-state index contributed by atoms with van der Waals surface area (Å²) in [7, 11) is 3.12. The van der Waals surface area contributed by atoms with Crippen LogP contribution in [-0.4, -0.2) is 45.3 Å². The maximum absolute atomic E-state index is 13.3. The molecule has 158 valence electrons. The number of ether oxygens (including phenoxy) is 4. The lowest BCUT2D eigenvalue weighted by atomic mass is 10.0. The predicted molar refractivity (Wildman–Crippen MR) is 105 cm³/mol. The molecule has 1 amide bonds. The van der Waals surface area contributed by atoms with E-state index in [-0.39, 0.29) is 30.9 Å². The van der Waals surface area contributed by atoms with Crippen molar-refractivity contribution in [2.45, 2.75) is 18.9 Å². The van der Waals surface area contributed by atoms with Crippen molar-refractivity contribution in [3.05, 3.63) is 47.3 Å².